The first-order chi connectivity index (χ1) is 7.20. The summed E-state index contributed by atoms with van der Waals surface area (Å²) in [5.74, 6) is 0.219. The molecule has 0 unspecified atom stereocenters. The van der Waals surface area contributed by atoms with E-state index in [0.29, 0.717) is 0 Å². The molecule has 3 heteroatoms. The monoisotopic (exact) mass is 210 g/mol. The quantitative estimate of drug-likeness (QED) is 0.726. The normalized spacial score (nSPS) is 30.1. The minimum absolute atomic E-state index is 0.0691. The van der Waals surface area contributed by atoms with Crippen molar-refractivity contribution in [2.24, 2.45) is 0 Å². The Morgan fingerprint density at radius 3 is 2.60 bits per heavy atom. The molecule has 0 spiro atoms. The summed E-state index contributed by atoms with van der Waals surface area (Å²) in [6.45, 7) is 3.19. The van der Waals surface area contributed by atoms with Crippen molar-refractivity contribution in [2.45, 2.75) is 63.5 Å². The molecule has 0 aromatic rings. The molecular formula is C12H22N2O. The van der Waals surface area contributed by atoms with Gasteiger partial charge >= 0.3 is 0 Å². The fourth-order valence-electron chi connectivity index (χ4n) is 2.75. The topological polar surface area (TPSA) is 41.1 Å². The van der Waals surface area contributed by atoms with E-state index in [2.05, 4.69) is 17.6 Å². The van der Waals surface area contributed by atoms with Crippen LogP contribution >= 0.6 is 0 Å². The van der Waals surface area contributed by atoms with E-state index in [4.69, 9.17) is 0 Å². The highest BCUT2D eigenvalue weighted by Crippen LogP contribution is 2.27. The second kappa shape index (κ2) is 4.52. The van der Waals surface area contributed by atoms with Gasteiger partial charge in [-0.25, -0.2) is 0 Å². The van der Waals surface area contributed by atoms with Gasteiger partial charge in [-0.15, -0.1) is 0 Å². The molecule has 15 heavy (non-hydrogen) atoms. The van der Waals surface area contributed by atoms with Gasteiger partial charge in [0.1, 0.15) is 0 Å². The van der Waals surface area contributed by atoms with Gasteiger partial charge in [0, 0.05) is 5.54 Å². The average molecular weight is 210 g/mol. The Balaban J connectivity index is 1.86. The third kappa shape index (κ3) is 2.71. The summed E-state index contributed by atoms with van der Waals surface area (Å²) >= 11 is 0. The van der Waals surface area contributed by atoms with Crippen molar-refractivity contribution in [3.63, 3.8) is 0 Å². The molecule has 0 bridgehead atoms. The van der Waals surface area contributed by atoms with Crippen molar-refractivity contribution in [3.8, 4) is 0 Å². The number of hydrogen-bond acceptors (Lipinski definition) is 2. The molecule has 2 rings (SSSR count). The molecule has 1 heterocycles. The van der Waals surface area contributed by atoms with Crippen LogP contribution in [0.5, 0.6) is 0 Å². The Labute approximate surface area is 92.0 Å². The zero-order valence-corrected chi connectivity index (χ0v) is 9.64. The van der Waals surface area contributed by atoms with E-state index in [0.717, 1.165) is 32.2 Å². The van der Waals surface area contributed by atoms with Crippen LogP contribution in [0.2, 0.25) is 0 Å². The number of hydrogen-bond donors (Lipinski definition) is 2. The van der Waals surface area contributed by atoms with E-state index in [-0.39, 0.29) is 17.5 Å². The highest BCUT2D eigenvalue weighted by molar-refractivity contribution is 5.82. The Bertz CT molecular complexity index is 228. The summed E-state index contributed by atoms with van der Waals surface area (Å²) in [4.78, 5) is 11.9. The first-order valence-electron chi connectivity index (χ1n) is 6.25. The molecule has 0 aromatic heterocycles. The Morgan fingerprint density at radius 1 is 1.27 bits per heavy atom. The summed E-state index contributed by atoms with van der Waals surface area (Å²) in [7, 11) is 0. The third-order valence-electron chi connectivity index (χ3n) is 3.76. The van der Waals surface area contributed by atoms with Crippen LogP contribution in [0.4, 0.5) is 0 Å². The zero-order valence-electron chi connectivity index (χ0n) is 9.64. The number of carbonyl (C=O) groups is 1. The largest absolute Gasteiger partial charge is 0.350 e. The average Bonchev–Trinajstić information content (AvgIpc) is 2.70. The van der Waals surface area contributed by atoms with Crippen LogP contribution in [0, 0.1) is 0 Å². The van der Waals surface area contributed by atoms with Crippen LogP contribution in [0.1, 0.15) is 51.9 Å². The van der Waals surface area contributed by atoms with E-state index in [1.54, 1.807) is 0 Å². The first kappa shape index (κ1) is 10.9. The van der Waals surface area contributed by atoms with Crippen LogP contribution in [-0.2, 0) is 4.79 Å². The second-order valence-electron chi connectivity index (χ2n) is 5.26. The Kier molecular flexibility index (Phi) is 3.29. The van der Waals surface area contributed by atoms with Crippen LogP contribution in [0.15, 0.2) is 0 Å². The van der Waals surface area contributed by atoms with E-state index >= 15 is 0 Å². The van der Waals surface area contributed by atoms with Crippen molar-refractivity contribution >= 4 is 5.91 Å². The summed E-state index contributed by atoms with van der Waals surface area (Å²) in [5.41, 5.74) is 0.0691. The first-order valence-corrected chi connectivity index (χ1v) is 6.25. The fourth-order valence-corrected chi connectivity index (χ4v) is 2.75. The molecule has 2 fully saturated rings. The SMILES string of the molecule is CC1(NC(=O)[C@@H]2CCCN2)CCCCC1. The predicted molar refractivity (Wildman–Crippen MR) is 60.7 cm³/mol. The number of carbonyl (C=O) groups excluding carboxylic acids is 1. The summed E-state index contributed by atoms with van der Waals surface area (Å²) in [6, 6.07) is 0.0729. The highest BCUT2D eigenvalue weighted by Gasteiger charge is 2.31. The maximum absolute atomic E-state index is 11.9. The van der Waals surface area contributed by atoms with Gasteiger partial charge in [0.25, 0.3) is 0 Å². The van der Waals surface area contributed by atoms with Crippen molar-refractivity contribution in [3.05, 3.63) is 0 Å². The maximum atomic E-state index is 11.9. The fraction of sp³-hybridized carbons (Fsp3) is 0.917. The Hall–Kier alpha value is -0.570. The molecule has 1 aliphatic carbocycles. The molecule has 1 amide bonds. The van der Waals surface area contributed by atoms with Gasteiger partial charge in [-0.3, -0.25) is 4.79 Å². The molecule has 2 aliphatic rings. The van der Waals surface area contributed by atoms with Gasteiger partial charge in [0.05, 0.1) is 6.04 Å². The van der Waals surface area contributed by atoms with E-state index < -0.39 is 0 Å². The van der Waals surface area contributed by atoms with E-state index in [1.165, 1.54) is 19.3 Å². The van der Waals surface area contributed by atoms with E-state index in [9.17, 15) is 4.79 Å². The van der Waals surface area contributed by atoms with Crippen molar-refractivity contribution in [2.75, 3.05) is 6.54 Å². The van der Waals surface area contributed by atoms with Gasteiger partial charge in [-0.05, 0) is 39.2 Å². The lowest BCUT2D eigenvalue weighted by molar-refractivity contribution is -0.124. The van der Waals surface area contributed by atoms with Crippen molar-refractivity contribution < 1.29 is 4.79 Å². The standard InChI is InChI=1S/C12H22N2O/c1-12(7-3-2-4-8-12)14-11(15)10-6-5-9-13-10/h10,13H,2-9H2,1H3,(H,14,15)/t10-/m0/s1. The molecule has 1 aliphatic heterocycles. The van der Waals surface area contributed by atoms with E-state index in [1.807, 2.05) is 0 Å². The molecule has 1 saturated carbocycles. The summed E-state index contributed by atoms with van der Waals surface area (Å²) in [6.07, 6.45) is 8.27. The smallest absolute Gasteiger partial charge is 0.237 e. The van der Waals surface area contributed by atoms with Gasteiger partial charge < -0.3 is 10.6 Å². The molecule has 0 radical (unpaired) electrons. The lowest BCUT2D eigenvalue weighted by Gasteiger charge is -2.35. The maximum Gasteiger partial charge on any atom is 0.237 e. The number of amides is 1. The lowest BCUT2D eigenvalue weighted by Crippen LogP contribution is -2.52. The van der Waals surface area contributed by atoms with Crippen molar-refractivity contribution in [1.82, 2.24) is 10.6 Å². The van der Waals surface area contributed by atoms with Crippen LogP contribution in [0.25, 0.3) is 0 Å². The molecule has 86 valence electrons. The van der Waals surface area contributed by atoms with Crippen LogP contribution < -0.4 is 10.6 Å². The van der Waals surface area contributed by atoms with Gasteiger partial charge in [0.15, 0.2) is 0 Å². The minimum atomic E-state index is 0.0691. The molecule has 3 nitrogen and oxygen atoms in total. The van der Waals surface area contributed by atoms with Gasteiger partial charge in [-0.1, -0.05) is 19.3 Å². The number of rotatable bonds is 2. The third-order valence-corrected chi connectivity index (χ3v) is 3.76. The van der Waals surface area contributed by atoms with Gasteiger partial charge in [-0.2, -0.15) is 0 Å². The molecule has 2 N–H and O–H groups in total. The van der Waals surface area contributed by atoms with Gasteiger partial charge in [0.2, 0.25) is 5.91 Å². The zero-order chi connectivity index (χ0) is 10.7. The predicted octanol–water partition coefficient (Wildman–Crippen LogP) is 1.58. The highest BCUT2D eigenvalue weighted by atomic mass is 16.2. The minimum Gasteiger partial charge on any atom is -0.350 e. The molecular weight excluding hydrogens is 188 g/mol. The summed E-state index contributed by atoms with van der Waals surface area (Å²) in [5, 5.41) is 6.49. The van der Waals surface area contributed by atoms with Crippen LogP contribution in [-0.4, -0.2) is 24.0 Å². The number of nitrogens with one attached hydrogen (secondary N) is 2. The van der Waals surface area contributed by atoms with Crippen molar-refractivity contribution in [1.29, 1.82) is 0 Å². The summed E-state index contributed by atoms with van der Waals surface area (Å²) < 4.78 is 0. The Morgan fingerprint density at radius 2 is 2.00 bits per heavy atom. The lowest BCUT2D eigenvalue weighted by atomic mass is 9.83. The molecule has 1 saturated heterocycles. The van der Waals surface area contributed by atoms with Crippen LogP contribution in [0.3, 0.4) is 0 Å². The molecule has 1 atom stereocenters. The molecule has 0 aromatic carbocycles. The second-order valence-corrected chi connectivity index (χ2v) is 5.26.